The quantitative estimate of drug-likeness (QED) is 0.806. The lowest BCUT2D eigenvalue weighted by molar-refractivity contribution is 0.241. The molecule has 1 unspecified atom stereocenters. The molecule has 1 heterocycles. The Hall–Kier alpha value is -0.0800. The van der Waals surface area contributed by atoms with Crippen LogP contribution in [0.5, 0.6) is 0 Å². The van der Waals surface area contributed by atoms with Crippen LogP contribution < -0.4 is 5.32 Å². The van der Waals surface area contributed by atoms with Crippen LogP contribution in [0.1, 0.15) is 90.4 Å². The molecule has 0 bridgehead atoms. The fourth-order valence-electron chi connectivity index (χ4n) is 4.02. The van der Waals surface area contributed by atoms with Crippen LogP contribution in [-0.4, -0.2) is 36.6 Å². The van der Waals surface area contributed by atoms with Crippen molar-refractivity contribution in [2.75, 3.05) is 19.6 Å². The third-order valence-corrected chi connectivity index (χ3v) is 5.57. The SMILES string of the molecule is CC(CNC1CCCCCCCCCCC1)N1CCCC1. The molecule has 2 aliphatic rings. The van der Waals surface area contributed by atoms with Gasteiger partial charge in [-0.2, -0.15) is 0 Å². The summed E-state index contributed by atoms with van der Waals surface area (Å²) in [5, 5.41) is 3.91. The van der Waals surface area contributed by atoms with Crippen LogP contribution in [0.4, 0.5) is 0 Å². The average molecular weight is 295 g/mol. The Kier molecular flexibility index (Phi) is 8.73. The number of nitrogens with zero attached hydrogens (tertiary/aromatic N) is 1. The van der Waals surface area contributed by atoms with Crippen LogP contribution in [0.3, 0.4) is 0 Å². The molecule has 1 atom stereocenters. The molecule has 1 aliphatic carbocycles. The van der Waals surface area contributed by atoms with Gasteiger partial charge in [0.25, 0.3) is 0 Å². The van der Waals surface area contributed by atoms with Gasteiger partial charge in [-0.25, -0.2) is 0 Å². The van der Waals surface area contributed by atoms with Gasteiger partial charge in [0.05, 0.1) is 0 Å². The van der Waals surface area contributed by atoms with Crippen LogP contribution in [0.2, 0.25) is 0 Å². The van der Waals surface area contributed by atoms with E-state index < -0.39 is 0 Å². The van der Waals surface area contributed by atoms with Crippen molar-refractivity contribution < 1.29 is 0 Å². The molecule has 2 nitrogen and oxygen atoms in total. The number of nitrogens with one attached hydrogen (secondary N) is 1. The summed E-state index contributed by atoms with van der Waals surface area (Å²) in [6.45, 7) is 6.26. The van der Waals surface area contributed by atoms with Gasteiger partial charge < -0.3 is 5.32 Å². The molecule has 1 saturated heterocycles. The van der Waals surface area contributed by atoms with Gasteiger partial charge >= 0.3 is 0 Å². The number of hydrogen-bond acceptors (Lipinski definition) is 2. The number of hydrogen-bond donors (Lipinski definition) is 1. The van der Waals surface area contributed by atoms with E-state index in [2.05, 4.69) is 17.1 Å². The van der Waals surface area contributed by atoms with E-state index >= 15 is 0 Å². The summed E-state index contributed by atoms with van der Waals surface area (Å²) in [5.74, 6) is 0. The van der Waals surface area contributed by atoms with Crippen molar-refractivity contribution in [2.45, 2.75) is 102 Å². The van der Waals surface area contributed by atoms with Crippen LogP contribution in [0.15, 0.2) is 0 Å². The van der Waals surface area contributed by atoms with Crippen molar-refractivity contribution in [3.63, 3.8) is 0 Å². The van der Waals surface area contributed by atoms with Crippen molar-refractivity contribution in [1.29, 1.82) is 0 Å². The summed E-state index contributed by atoms with van der Waals surface area (Å²) < 4.78 is 0. The highest BCUT2D eigenvalue weighted by Crippen LogP contribution is 2.17. The van der Waals surface area contributed by atoms with Crippen LogP contribution in [0.25, 0.3) is 0 Å². The maximum Gasteiger partial charge on any atom is 0.0192 e. The molecule has 0 aromatic heterocycles. The highest BCUT2D eigenvalue weighted by Gasteiger charge is 2.18. The van der Waals surface area contributed by atoms with Gasteiger partial charge in [0.2, 0.25) is 0 Å². The molecule has 21 heavy (non-hydrogen) atoms. The van der Waals surface area contributed by atoms with Crippen LogP contribution in [-0.2, 0) is 0 Å². The third-order valence-electron chi connectivity index (χ3n) is 5.57. The second-order valence-corrected chi connectivity index (χ2v) is 7.46. The first kappa shape index (κ1) is 17.3. The first-order valence-electron chi connectivity index (χ1n) is 9.83. The molecule has 0 amide bonds. The zero-order chi connectivity index (χ0) is 14.8. The van der Waals surface area contributed by atoms with Gasteiger partial charge in [0.15, 0.2) is 0 Å². The Morgan fingerprint density at radius 1 is 0.762 bits per heavy atom. The summed E-state index contributed by atoms with van der Waals surface area (Å²) in [7, 11) is 0. The minimum Gasteiger partial charge on any atom is -0.312 e. The lowest BCUT2D eigenvalue weighted by atomic mass is 9.98. The minimum absolute atomic E-state index is 0.730. The molecule has 0 radical (unpaired) electrons. The monoisotopic (exact) mass is 294 g/mol. The highest BCUT2D eigenvalue weighted by atomic mass is 15.2. The summed E-state index contributed by atoms with van der Waals surface area (Å²) in [6.07, 6.45) is 18.8. The van der Waals surface area contributed by atoms with Crippen molar-refractivity contribution in [3.8, 4) is 0 Å². The van der Waals surface area contributed by atoms with Gasteiger partial charge in [-0.05, 0) is 45.7 Å². The third kappa shape index (κ3) is 7.15. The minimum atomic E-state index is 0.730. The Morgan fingerprint density at radius 3 is 1.76 bits per heavy atom. The fourth-order valence-corrected chi connectivity index (χ4v) is 4.02. The van der Waals surface area contributed by atoms with E-state index in [0.717, 1.165) is 12.1 Å². The molecule has 0 aromatic rings. The fraction of sp³-hybridized carbons (Fsp3) is 1.00. The first-order chi connectivity index (χ1) is 10.4. The Morgan fingerprint density at radius 2 is 1.24 bits per heavy atom. The molecule has 2 rings (SSSR count). The Labute approximate surface area is 133 Å². The summed E-state index contributed by atoms with van der Waals surface area (Å²) >= 11 is 0. The Bertz CT molecular complexity index is 236. The van der Waals surface area contributed by atoms with E-state index in [1.807, 2.05) is 0 Å². The number of likely N-dealkylation sites (tertiary alicyclic amines) is 1. The van der Waals surface area contributed by atoms with Gasteiger partial charge in [-0.15, -0.1) is 0 Å². The van der Waals surface area contributed by atoms with Gasteiger partial charge in [-0.3, -0.25) is 4.90 Å². The predicted octanol–water partition coefficient (Wildman–Crippen LogP) is 4.73. The van der Waals surface area contributed by atoms with E-state index in [-0.39, 0.29) is 0 Å². The lowest BCUT2D eigenvalue weighted by Crippen LogP contribution is -2.42. The maximum atomic E-state index is 3.91. The molecule has 1 N–H and O–H groups in total. The molecule has 2 heteroatoms. The topological polar surface area (TPSA) is 15.3 Å². The molecule has 1 aliphatic heterocycles. The molecule has 1 saturated carbocycles. The van der Waals surface area contributed by atoms with Crippen molar-refractivity contribution in [2.24, 2.45) is 0 Å². The van der Waals surface area contributed by atoms with E-state index in [9.17, 15) is 0 Å². The molecule has 124 valence electrons. The zero-order valence-electron chi connectivity index (χ0n) is 14.4. The molecule has 0 aromatic carbocycles. The van der Waals surface area contributed by atoms with Crippen LogP contribution >= 0.6 is 0 Å². The first-order valence-corrected chi connectivity index (χ1v) is 9.83. The number of rotatable bonds is 4. The van der Waals surface area contributed by atoms with Crippen molar-refractivity contribution in [1.82, 2.24) is 10.2 Å². The normalized spacial score (nSPS) is 26.1. The van der Waals surface area contributed by atoms with E-state index in [1.165, 1.54) is 103 Å². The van der Waals surface area contributed by atoms with Gasteiger partial charge in [-0.1, -0.05) is 57.8 Å². The summed E-state index contributed by atoms with van der Waals surface area (Å²) in [6, 6.07) is 1.52. The molecular formula is C19H38N2. The highest BCUT2D eigenvalue weighted by molar-refractivity contribution is 4.77. The van der Waals surface area contributed by atoms with E-state index in [1.54, 1.807) is 0 Å². The van der Waals surface area contributed by atoms with Crippen LogP contribution in [0, 0.1) is 0 Å². The zero-order valence-corrected chi connectivity index (χ0v) is 14.4. The van der Waals surface area contributed by atoms with Gasteiger partial charge in [0.1, 0.15) is 0 Å². The second-order valence-electron chi connectivity index (χ2n) is 7.46. The lowest BCUT2D eigenvalue weighted by Gasteiger charge is -2.27. The van der Waals surface area contributed by atoms with E-state index in [0.29, 0.717) is 0 Å². The van der Waals surface area contributed by atoms with E-state index in [4.69, 9.17) is 0 Å². The standard InChI is InChI=1S/C19H38N2/c1-18(21-15-11-12-16-21)17-20-19-13-9-7-5-3-2-4-6-8-10-14-19/h18-20H,2-17H2,1H3. The second kappa shape index (κ2) is 10.6. The molecular weight excluding hydrogens is 256 g/mol. The van der Waals surface area contributed by atoms with Crippen molar-refractivity contribution in [3.05, 3.63) is 0 Å². The maximum absolute atomic E-state index is 3.91. The van der Waals surface area contributed by atoms with Gasteiger partial charge in [0, 0.05) is 18.6 Å². The summed E-state index contributed by atoms with van der Waals surface area (Å²) in [5.41, 5.74) is 0. The summed E-state index contributed by atoms with van der Waals surface area (Å²) in [4.78, 5) is 2.67. The Balaban J connectivity index is 1.67. The van der Waals surface area contributed by atoms with Crippen molar-refractivity contribution >= 4 is 0 Å². The largest absolute Gasteiger partial charge is 0.312 e. The predicted molar refractivity (Wildman–Crippen MR) is 92.8 cm³/mol. The molecule has 2 fully saturated rings. The smallest absolute Gasteiger partial charge is 0.0192 e. The average Bonchev–Trinajstić information content (AvgIpc) is 3.01. The molecule has 0 spiro atoms.